The SMILES string of the molecule is C=C/C(Cn1c(=O)[nH]c2cnc(N)nc21)=C(/C)C(=C)Cl. The Morgan fingerprint density at radius 1 is 1.65 bits per heavy atom. The minimum absolute atomic E-state index is 0.104. The quantitative estimate of drug-likeness (QED) is 0.843. The van der Waals surface area contributed by atoms with Crippen LogP contribution >= 0.6 is 11.6 Å². The molecule has 0 aliphatic carbocycles. The maximum absolute atomic E-state index is 12.0. The van der Waals surface area contributed by atoms with Crippen molar-refractivity contribution < 1.29 is 0 Å². The number of hydrogen-bond donors (Lipinski definition) is 2. The smallest absolute Gasteiger partial charge is 0.328 e. The van der Waals surface area contributed by atoms with Gasteiger partial charge in [0.1, 0.15) is 5.52 Å². The summed E-state index contributed by atoms with van der Waals surface area (Å²) in [5, 5.41) is 0.405. The van der Waals surface area contributed by atoms with Gasteiger partial charge in [-0.2, -0.15) is 4.98 Å². The lowest BCUT2D eigenvalue weighted by Crippen LogP contribution is -2.18. The number of hydrogen-bond acceptors (Lipinski definition) is 4. The second-order valence-corrected chi connectivity index (χ2v) is 4.70. The molecule has 2 aromatic heterocycles. The van der Waals surface area contributed by atoms with E-state index >= 15 is 0 Å². The third-order valence-electron chi connectivity index (χ3n) is 2.99. The summed E-state index contributed by atoms with van der Waals surface area (Å²) in [6.07, 6.45) is 3.11. The standard InChI is InChI=1S/C13H14ClN5O/c1-4-9(7(2)8(3)14)6-19-11-10(17-13(19)20)5-16-12(15)18-11/h4-5H,1,3,6H2,2H3,(H,17,20)(H2,15,16,18)/b9-7+. The molecule has 2 heterocycles. The van der Waals surface area contributed by atoms with Crippen LogP contribution in [0.15, 0.2) is 46.4 Å². The molecule has 20 heavy (non-hydrogen) atoms. The van der Waals surface area contributed by atoms with Gasteiger partial charge in [-0.1, -0.05) is 30.8 Å². The van der Waals surface area contributed by atoms with E-state index < -0.39 is 0 Å². The van der Waals surface area contributed by atoms with E-state index in [1.54, 1.807) is 6.08 Å². The van der Waals surface area contributed by atoms with Crippen molar-refractivity contribution in [3.05, 3.63) is 52.1 Å². The molecule has 0 atom stereocenters. The molecule has 2 rings (SSSR count). The summed E-state index contributed by atoms with van der Waals surface area (Å²) < 4.78 is 1.45. The highest BCUT2D eigenvalue weighted by atomic mass is 35.5. The average molecular weight is 292 g/mol. The molecule has 2 aromatic rings. The highest BCUT2D eigenvalue weighted by Gasteiger charge is 2.11. The van der Waals surface area contributed by atoms with Gasteiger partial charge < -0.3 is 10.7 Å². The third kappa shape index (κ3) is 2.50. The van der Waals surface area contributed by atoms with E-state index in [-0.39, 0.29) is 18.2 Å². The zero-order valence-corrected chi connectivity index (χ0v) is 11.7. The predicted octanol–water partition coefficient (Wildman–Crippen LogP) is 1.96. The van der Waals surface area contributed by atoms with Crippen LogP contribution in [0, 0.1) is 0 Å². The fourth-order valence-electron chi connectivity index (χ4n) is 1.79. The number of allylic oxidation sites excluding steroid dienone is 4. The first kappa shape index (κ1) is 14.1. The molecular formula is C13H14ClN5O. The van der Waals surface area contributed by atoms with Crippen molar-refractivity contribution in [2.24, 2.45) is 0 Å². The number of aromatic nitrogens is 4. The van der Waals surface area contributed by atoms with Gasteiger partial charge in [-0.3, -0.25) is 4.57 Å². The van der Waals surface area contributed by atoms with Crippen molar-refractivity contribution in [1.29, 1.82) is 0 Å². The van der Waals surface area contributed by atoms with Gasteiger partial charge >= 0.3 is 5.69 Å². The van der Waals surface area contributed by atoms with Gasteiger partial charge in [0.25, 0.3) is 0 Å². The van der Waals surface area contributed by atoms with Crippen molar-refractivity contribution in [3.8, 4) is 0 Å². The van der Waals surface area contributed by atoms with Crippen LogP contribution in [0.5, 0.6) is 0 Å². The first-order valence-electron chi connectivity index (χ1n) is 5.82. The molecule has 0 aliphatic rings. The fourth-order valence-corrected chi connectivity index (χ4v) is 1.91. The number of anilines is 1. The summed E-state index contributed by atoms with van der Waals surface area (Å²) in [5.74, 6) is 0.104. The lowest BCUT2D eigenvalue weighted by Gasteiger charge is -2.08. The van der Waals surface area contributed by atoms with Crippen molar-refractivity contribution in [2.75, 3.05) is 5.73 Å². The first-order valence-corrected chi connectivity index (χ1v) is 6.19. The summed E-state index contributed by atoms with van der Waals surface area (Å²) >= 11 is 5.88. The molecule has 0 unspecified atom stereocenters. The average Bonchev–Trinajstić information content (AvgIpc) is 2.70. The first-order chi connectivity index (χ1) is 9.43. The Kier molecular flexibility index (Phi) is 3.76. The molecule has 104 valence electrons. The highest BCUT2D eigenvalue weighted by molar-refractivity contribution is 6.31. The minimum Gasteiger partial charge on any atom is -0.368 e. The van der Waals surface area contributed by atoms with E-state index in [1.165, 1.54) is 10.8 Å². The molecule has 0 aromatic carbocycles. The fraction of sp³-hybridized carbons (Fsp3) is 0.154. The van der Waals surface area contributed by atoms with Crippen molar-refractivity contribution >= 4 is 28.7 Å². The second-order valence-electron chi connectivity index (χ2n) is 4.24. The second kappa shape index (κ2) is 5.34. The summed E-state index contributed by atoms with van der Waals surface area (Å²) in [6, 6.07) is 0. The molecular weight excluding hydrogens is 278 g/mol. The van der Waals surface area contributed by atoms with Gasteiger partial charge in [-0.05, 0) is 18.1 Å². The van der Waals surface area contributed by atoms with Crippen LogP contribution in [0.4, 0.5) is 5.95 Å². The number of nitrogen functional groups attached to an aromatic ring is 1. The van der Waals surface area contributed by atoms with Crippen molar-refractivity contribution in [3.63, 3.8) is 0 Å². The summed E-state index contributed by atoms with van der Waals surface area (Å²) in [6.45, 7) is 9.49. The molecule has 0 bridgehead atoms. The van der Waals surface area contributed by atoms with Crippen LogP contribution in [0.25, 0.3) is 11.2 Å². The van der Waals surface area contributed by atoms with Crippen LogP contribution in [0.1, 0.15) is 6.92 Å². The number of H-pyrrole nitrogens is 1. The van der Waals surface area contributed by atoms with E-state index in [1.807, 2.05) is 6.92 Å². The van der Waals surface area contributed by atoms with Crippen LogP contribution in [0.3, 0.4) is 0 Å². The third-order valence-corrected chi connectivity index (χ3v) is 3.28. The summed E-state index contributed by atoms with van der Waals surface area (Å²) in [5.41, 5.74) is 7.77. The van der Waals surface area contributed by atoms with Crippen LogP contribution in [-0.2, 0) is 6.54 Å². The van der Waals surface area contributed by atoms with Gasteiger partial charge in [-0.25, -0.2) is 9.78 Å². The molecule has 0 fully saturated rings. The topological polar surface area (TPSA) is 89.6 Å². The summed E-state index contributed by atoms with van der Waals surface area (Å²) in [4.78, 5) is 22.6. The maximum atomic E-state index is 12.0. The van der Waals surface area contributed by atoms with E-state index in [4.69, 9.17) is 17.3 Å². The Morgan fingerprint density at radius 3 is 2.95 bits per heavy atom. The van der Waals surface area contributed by atoms with E-state index in [0.29, 0.717) is 16.2 Å². The number of fused-ring (bicyclic) bond motifs is 1. The van der Waals surface area contributed by atoms with Gasteiger partial charge in [0.05, 0.1) is 12.7 Å². The number of nitrogens with one attached hydrogen (secondary N) is 1. The Balaban J connectivity index is 2.59. The Hall–Kier alpha value is -2.34. The number of rotatable bonds is 4. The molecule has 0 amide bonds. The lowest BCUT2D eigenvalue weighted by atomic mass is 10.1. The van der Waals surface area contributed by atoms with Crippen LogP contribution in [0.2, 0.25) is 0 Å². The molecule has 6 nitrogen and oxygen atoms in total. The van der Waals surface area contributed by atoms with Crippen molar-refractivity contribution in [1.82, 2.24) is 19.5 Å². The Morgan fingerprint density at radius 2 is 2.35 bits per heavy atom. The molecule has 0 aliphatic heterocycles. The zero-order valence-electron chi connectivity index (χ0n) is 11.0. The molecule has 3 N–H and O–H groups in total. The zero-order chi connectivity index (χ0) is 14.9. The molecule has 0 radical (unpaired) electrons. The maximum Gasteiger partial charge on any atom is 0.328 e. The lowest BCUT2D eigenvalue weighted by molar-refractivity contribution is 0.773. The van der Waals surface area contributed by atoms with Gasteiger partial charge in [0.15, 0.2) is 5.65 Å². The number of imidazole rings is 1. The highest BCUT2D eigenvalue weighted by Crippen LogP contribution is 2.19. The van der Waals surface area contributed by atoms with Gasteiger partial charge in [0.2, 0.25) is 5.95 Å². The van der Waals surface area contributed by atoms with Crippen LogP contribution < -0.4 is 11.4 Å². The summed E-state index contributed by atoms with van der Waals surface area (Å²) in [7, 11) is 0. The number of nitrogens with zero attached hydrogens (tertiary/aromatic N) is 3. The molecule has 7 heteroatoms. The van der Waals surface area contributed by atoms with Gasteiger partial charge in [0, 0.05) is 5.03 Å². The Bertz CT molecular complexity index is 784. The molecule has 0 spiro atoms. The monoisotopic (exact) mass is 291 g/mol. The number of halogens is 1. The van der Waals surface area contributed by atoms with E-state index in [0.717, 1.165) is 11.1 Å². The van der Waals surface area contributed by atoms with Gasteiger partial charge in [-0.15, -0.1) is 0 Å². The van der Waals surface area contributed by atoms with E-state index in [9.17, 15) is 4.79 Å². The number of aromatic amines is 1. The normalized spacial score (nSPS) is 12.3. The van der Waals surface area contributed by atoms with Crippen molar-refractivity contribution in [2.45, 2.75) is 13.5 Å². The largest absolute Gasteiger partial charge is 0.368 e. The Labute approximate surface area is 120 Å². The minimum atomic E-state index is -0.299. The molecule has 0 saturated carbocycles. The predicted molar refractivity (Wildman–Crippen MR) is 80.5 cm³/mol. The molecule has 0 saturated heterocycles. The number of nitrogens with two attached hydrogens (primary N) is 1. The van der Waals surface area contributed by atoms with E-state index in [2.05, 4.69) is 28.1 Å². The van der Waals surface area contributed by atoms with Crippen LogP contribution in [-0.4, -0.2) is 19.5 Å².